The highest BCUT2D eigenvalue weighted by molar-refractivity contribution is 5.83. The molecular weight excluding hydrogens is 376 g/mol. The van der Waals surface area contributed by atoms with Gasteiger partial charge in [0.05, 0.1) is 0 Å². The van der Waals surface area contributed by atoms with Crippen molar-refractivity contribution < 1.29 is 9.21 Å². The Morgan fingerprint density at radius 2 is 1.77 bits per heavy atom. The summed E-state index contributed by atoms with van der Waals surface area (Å²) < 4.78 is 5.74. The average molecular weight is 402 g/mol. The van der Waals surface area contributed by atoms with Gasteiger partial charge < -0.3 is 9.40 Å². The van der Waals surface area contributed by atoms with Crippen LogP contribution in [0.25, 0.3) is 10.9 Å². The number of nitrogens with zero attached hydrogens (tertiary/aromatic N) is 3. The molecule has 0 aliphatic carbocycles. The van der Waals surface area contributed by atoms with Gasteiger partial charge in [0, 0.05) is 54.7 Å². The summed E-state index contributed by atoms with van der Waals surface area (Å²) >= 11 is 0. The van der Waals surface area contributed by atoms with Gasteiger partial charge in [-0.2, -0.15) is 0 Å². The molecule has 0 fully saturated rings. The maximum Gasteiger partial charge on any atom is 0.217 e. The number of carbonyl (C=O) groups excluding carboxylic acids is 1. The first-order valence-corrected chi connectivity index (χ1v) is 10.5. The number of Topliss-reactive ketones (excluding diaryl/α,β-unsaturated/α-hetero) is 1. The van der Waals surface area contributed by atoms with Crippen LogP contribution in [0.15, 0.2) is 53.2 Å². The number of H-pyrrole nitrogens is 1. The highest BCUT2D eigenvalue weighted by Crippen LogP contribution is 2.19. The molecule has 0 saturated carbocycles. The Labute approximate surface area is 175 Å². The molecule has 154 valence electrons. The van der Waals surface area contributed by atoms with Crippen molar-refractivity contribution in [2.24, 2.45) is 0 Å². The summed E-state index contributed by atoms with van der Waals surface area (Å²) in [5, 5.41) is 9.46. The van der Waals surface area contributed by atoms with Crippen LogP contribution in [0.2, 0.25) is 0 Å². The maximum atomic E-state index is 12.2. The Kier molecular flexibility index (Phi) is 6.32. The maximum absolute atomic E-state index is 12.2. The minimum atomic E-state index is 0.190. The lowest BCUT2D eigenvalue weighted by Gasteiger charge is -2.01. The van der Waals surface area contributed by atoms with E-state index in [1.54, 1.807) is 0 Å². The molecule has 0 saturated heterocycles. The third-order valence-corrected chi connectivity index (χ3v) is 5.36. The summed E-state index contributed by atoms with van der Waals surface area (Å²) in [5.74, 6) is 1.33. The SMILES string of the molecule is CCc1ccc(CCC(=O)CCc2nnc(CCc3c[nH]c4ccccc34)o2)nc1. The summed E-state index contributed by atoms with van der Waals surface area (Å²) in [6.45, 7) is 2.10. The van der Waals surface area contributed by atoms with E-state index < -0.39 is 0 Å². The molecule has 4 rings (SSSR count). The Balaban J connectivity index is 1.22. The fourth-order valence-electron chi connectivity index (χ4n) is 3.52. The third kappa shape index (κ3) is 5.00. The van der Waals surface area contributed by atoms with E-state index in [4.69, 9.17) is 4.42 Å². The number of nitrogens with one attached hydrogen (secondary N) is 1. The predicted octanol–water partition coefficient (Wildman–Crippen LogP) is 4.43. The second-order valence-corrected chi connectivity index (χ2v) is 7.50. The van der Waals surface area contributed by atoms with Crippen molar-refractivity contribution >= 4 is 16.7 Å². The Bertz CT molecular complexity index is 1110. The van der Waals surface area contributed by atoms with Crippen LogP contribution >= 0.6 is 0 Å². The number of para-hydroxylation sites is 1. The number of ketones is 1. The van der Waals surface area contributed by atoms with E-state index in [0.717, 1.165) is 24.1 Å². The van der Waals surface area contributed by atoms with Crippen molar-refractivity contribution in [1.82, 2.24) is 20.2 Å². The summed E-state index contributed by atoms with van der Waals surface area (Å²) in [7, 11) is 0. The van der Waals surface area contributed by atoms with Crippen molar-refractivity contribution in [2.45, 2.75) is 51.9 Å². The molecule has 0 radical (unpaired) electrons. The number of carbonyl (C=O) groups is 1. The zero-order chi connectivity index (χ0) is 20.8. The van der Waals surface area contributed by atoms with Gasteiger partial charge in [-0.15, -0.1) is 10.2 Å². The standard InChI is InChI=1S/C24H26N4O2/c1-2-17-7-9-19(25-15-17)10-11-20(29)12-14-24-28-27-23(30-24)13-8-18-16-26-22-6-4-3-5-21(18)22/h3-7,9,15-16,26H,2,8,10-14H2,1H3. The number of aryl methyl sites for hydroxylation is 5. The molecule has 0 amide bonds. The number of aromatic amines is 1. The van der Waals surface area contributed by atoms with Crippen molar-refractivity contribution in [3.05, 3.63) is 77.4 Å². The van der Waals surface area contributed by atoms with E-state index in [9.17, 15) is 4.79 Å². The van der Waals surface area contributed by atoms with Gasteiger partial charge in [-0.1, -0.05) is 31.2 Å². The molecule has 3 heterocycles. The summed E-state index contributed by atoms with van der Waals surface area (Å²) in [4.78, 5) is 19.9. The van der Waals surface area contributed by atoms with E-state index in [1.165, 1.54) is 16.5 Å². The topological polar surface area (TPSA) is 84.7 Å². The van der Waals surface area contributed by atoms with E-state index in [-0.39, 0.29) is 5.78 Å². The van der Waals surface area contributed by atoms with Gasteiger partial charge in [0.2, 0.25) is 11.8 Å². The van der Waals surface area contributed by atoms with Gasteiger partial charge in [0.15, 0.2) is 0 Å². The van der Waals surface area contributed by atoms with Crippen LogP contribution in [0.1, 0.15) is 48.4 Å². The lowest BCUT2D eigenvalue weighted by molar-refractivity contribution is -0.119. The average Bonchev–Trinajstić information content (AvgIpc) is 3.42. The second-order valence-electron chi connectivity index (χ2n) is 7.50. The van der Waals surface area contributed by atoms with E-state index in [2.05, 4.69) is 45.3 Å². The molecule has 0 aliphatic rings. The van der Waals surface area contributed by atoms with Crippen LogP contribution in [-0.2, 0) is 36.9 Å². The molecule has 0 spiro atoms. The lowest BCUT2D eigenvalue weighted by Crippen LogP contribution is -2.03. The van der Waals surface area contributed by atoms with Gasteiger partial charge in [-0.3, -0.25) is 9.78 Å². The normalized spacial score (nSPS) is 11.2. The smallest absolute Gasteiger partial charge is 0.217 e. The number of hydrogen-bond donors (Lipinski definition) is 1. The summed E-state index contributed by atoms with van der Waals surface area (Å²) in [5.41, 5.74) is 4.54. The number of fused-ring (bicyclic) bond motifs is 1. The molecule has 3 aromatic heterocycles. The minimum Gasteiger partial charge on any atom is -0.425 e. The molecule has 6 nitrogen and oxygen atoms in total. The molecule has 0 atom stereocenters. The van der Waals surface area contributed by atoms with Crippen molar-refractivity contribution in [2.75, 3.05) is 0 Å². The first-order chi connectivity index (χ1) is 14.7. The monoisotopic (exact) mass is 402 g/mol. The number of aromatic nitrogens is 4. The fraction of sp³-hybridized carbons (Fsp3) is 0.333. The number of rotatable bonds is 10. The fourth-order valence-corrected chi connectivity index (χ4v) is 3.52. The van der Waals surface area contributed by atoms with Crippen molar-refractivity contribution in [1.29, 1.82) is 0 Å². The van der Waals surface area contributed by atoms with E-state index in [1.807, 2.05) is 30.6 Å². The van der Waals surface area contributed by atoms with Crippen LogP contribution in [0.5, 0.6) is 0 Å². The van der Waals surface area contributed by atoms with Crippen LogP contribution in [-0.4, -0.2) is 25.9 Å². The molecule has 0 aliphatic heterocycles. The van der Waals surface area contributed by atoms with Gasteiger partial charge >= 0.3 is 0 Å². The quantitative estimate of drug-likeness (QED) is 0.424. The van der Waals surface area contributed by atoms with Crippen LogP contribution in [0, 0.1) is 0 Å². The first-order valence-electron chi connectivity index (χ1n) is 10.5. The molecule has 30 heavy (non-hydrogen) atoms. The Hall–Kier alpha value is -3.28. The molecule has 0 bridgehead atoms. The van der Waals surface area contributed by atoms with Crippen LogP contribution in [0.4, 0.5) is 0 Å². The van der Waals surface area contributed by atoms with E-state index in [0.29, 0.717) is 43.9 Å². The van der Waals surface area contributed by atoms with Gasteiger partial charge in [-0.05, 0) is 42.5 Å². The van der Waals surface area contributed by atoms with Crippen molar-refractivity contribution in [3.8, 4) is 0 Å². The third-order valence-electron chi connectivity index (χ3n) is 5.36. The van der Waals surface area contributed by atoms with Gasteiger partial charge in [0.25, 0.3) is 0 Å². The van der Waals surface area contributed by atoms with E-state index >= 15 is 0 Å². The first kappa shape index (κ1) is 20.0. The van der Waals surface area contributed by atoms with Gasteiger partial charge in [0.1, 0.15) is 5.78 Å². The zero-order valence-electron chi connectivity index (χ0n) is 17.2. The highest BCUT2D eigenvalue weighted by atomic mass is 16.4. The number of pyridine rings is 1. The largest absolute Gasteiger partial charge is 0.425 e. The molecule has 1 N–H and O–H groups in total. The summed E-state index contributed by atoms with van der Waals surface area (Å²) in [6, 6.07) is 12.3. The summed E-state index contributed by atoms with van der Waals surface area (Å²) in [6.07, 6.45) is 8.46. The number of benzene rings is 1. The van der Waals surface area contributed by atoms with Crippen LogP contribution < -0.4 is 0 Å². The number of hydrogen-bond acceptors (Lipinski definition) is 5. The van der Waals surface area contributed by atoms with Gasteiger partial charge in [-0.25, -0.2) is 0 Å². The zero-order valence-corrected chi connectivity index (χ0v) is 17.2. The Morgan fingerprint density at radius 1 is 0.967 bits per heavy atom. The molecular formula is C24H26N4O2. The molecule has 6 heteroatoms. The lowest BCUT2D eigenvalue weighted by atomic mass is 10.1. The Morgan fingerprint density at radius 3 is 2.57 bits per heavy atom. The highest BCUT2D eigenvalue weighted by Gasteiger charge is 2.11. The minimum absolute atomic E-state index is 0.190. The van der Waals surface area contributed by atoms with Crippen molar-refractivity contribution in [3.63, 3.8) is 0 Å². The molecule has 4 aromatic rings. The van der Waals surface area contributed by atoms with Crippen LogP contribution in [0.3, 0.4) is 0 Å². The molecule has 1 aromatic carbocycles. The second kappa shape index (κ2) is 9.48. The molecule has 0 unspecified atom stereocenters. The predicted molar refractivity (Wildman–Crippen MR) is 115 cm³/mol.